The summed E-state index contributed by atoms with van der Waals surface area (Å²) in [6.07, 6.45) is 5.42. The number of hydrogen-bond donors (Lipinski definition) is 2. The molecule has 1 aliphatic carbocycles. The van der Waals surface area contributed by atoms with E-state index in [1.807, 2.05) is 35.2 Å². The predicted octanol–water partition coefficient (Wildman–Crippen LogP) is 2.76. The molecule has 3 amide bonds. The van der Waals surface area contributed by atoms with E-state index >= 15 is 0 Å². The minimum absolute atomic E-state index is 0.0398. The van der Waals surface area contributed by atoms with Gasteiger partial charge >= 0.3 is 6.03 Å². The molecule has 3 fully saturated rings. The van der Waals surface area contributed by atoms with Gasteiger partial charge in [-0.3, -0.25) is 4.79 Å². The topological polar surface area (TPSA) is 70.7 Å². The molecule has 3 aliphatic rings. The lowest BCUT2D eigenvalue weighted by molar-refractivity contribution is -0.140. The number of carbonyl (C=O) groups excluding carboxylic acids is 2. The predicted molar refractivity (Wildman–Crippen MR) is 98.8 cm³/mol. The van der Waals surface area contributed by atoms with Crippen LogP contribution in [0.1, 0.15) is 38.5 Å². The SMILES string of the molecule is O=C(NCC1CC1)C1CCC2(CCN(C(=O)Nc3ccccc3)CC2)O1. The second-order valence-corrected chi connectivity index (χ2v) is 7.80. The van der Waals surface area contributed by atoms with E-state index in [1.165, 1.54) is 12.8 Å². The number of piperidine rings is 1. The number of nitrogens with one attached hydrogen (secondary N) is 2. The van der Waals surface area contributed by atoms with E-state index in [0.29, 0.717) is 19.0 Å². The van der Waals surface area contributed by atoms with Crippen molar-refractivity contribution >= 4 is 17.6 Å². The van der Waals surface area contributed by atoms with Gasteiger partial charge in [0, 0.05) is 25.3 Å². The summed E-state index contributed by atoms with van der Waals surface area (Å²) in [4.78, 5) is 26.5. The number of rotatable bonds is 4. The number of urea groups is 1. The van der Waals surface area contributed by atoms with E-state index in [4.69, 9.17) is 4.74 Å². The highest BCUT2D eigenvalue weighted by molar-refractivity contribution is 5.89. The summed E-state index contributed by atoms with van der Waals surface area (Å²) in [6, 6.07) is 9.43. The van der Waals surface area contributed by atoms with Crippen LogP contribution in [0.5, 0.6) is 0 Å². The molecule has 2 N–H and O–H groups in total. The van der Waals surface area contributed by atoms with Gasteiger partial charge in [-0.2, -0.15) is 0 Å². The number of hydrogen-bond acceptors (Lipinski definition) is 3. The van der Waals surface area contributed by atoms with Crippen LogP contribution < -0.4 is 10.6 Å². The Hall–Kier alpha value is -2.08. The monoisotopic (exact) mass is 357 g/mol. The number of ether oxygens (including phenoxy) is 1. The second kappa shape index (κ2) is 7.27. The van der Waals surface area contributed by atoms with Gasteiger partial charge in [-0.15, -0.1) is 0 Å². The maximum atomic E-state index is 12.4. The Balaban J connectivity index is 1.25. The van der Waals surface area contributed by atoms with Gasteiger partial charge in [-0.05, 0) is 56.6 Å². The van der Waals surface area contributed by atoms with Gasteiger partial charge < -0.3 is 20.3 Å². The van der Waals surface area contributed by atoms with Crippen LogP contribution in [0.2, 0.25) is 0 Å². The highest BCUT2D eigenvalue weighted by atomic mass is 16.5. The highest BCUT2D eigenvalue weighted by Gasteiger charge is 2.45. The fraction of sp³-hybridized carbons (Fsp3) is 0.600. The Morgan fingerprint density at radius 2 is 1.81 bits per heavy atom. The Morgan fingerprint density at radius 3 is 2.50 bits per heavy atom. The molecule has 26 heavy (non-hydrogen) atoms. The second-order valence-electron chi connectivity index (χ2n) is 7.80. The molecule has 6 nitrogen and oxygen atoms in total. The Bertz CT molecular complexity index is 652. The molecule has 0 aromatic heterocycles. The lowest BCUT2D eigenvalue weighted by Gasteiger charge is -2.39. The number of benzene rings is 1. The van der Waals surface area contributed by atoms with Crippen LogP contribution in [0, 0.1) is 5.92 Å². The molecule has 1 atom stereocenters. The summed E-state index contributed by atoms with van der Waals surface area (Å²) >= 11 is 0. The first kappa shape index (κ1) is 17.3. The van der Waals surface area contributed by atoms with Crippen molar-refractivity contribution in [3.8, 4) is 0 Å². The Morgan fingerprint density at radius 1 is 1.08 bits per heavy atom. The van der Waals surface area contributed by atoms with E-state index in [1.54, 1.807) is 0 Å². The fourth-order valence-corrected chi connectivity index (χ4v) is 3.89. The van der Waals surface area contributed by atoms with Gasteiger partial charge in [-0.1, -0.05) is 18.2 Å². The zero-order valence-electron chi connectivity index (χ0n) is 15.1. The van der Waals surface area contributed by atoms with Gasteiger partial charge in [0.25, 0.3) is 0 Å². The van der Waals surface area contributed by atoms with Crippen LogP contribution in [0.3, 0.4) is 0 Å². The molecule has 1 saturated carbocycles. The van der Waals surface area contributed by atoms with Crippen molar-refractivity contribution in [2.75, 3.05) is 25.0 Å². The van der Waals surface area contributed by atoms with Gasteiger partial charge in [0.2, 0.25) is 5.91 Å². The minimum atomic E-state index is -0.321. The van der Waals surface area contributed by atoms with E-state index in [0.717, 1.165) is 37.9 Å². The molecule has 2 aliphatic heterocycles. The summed E-state index contributed by atoms with van der Waals surface area (Å²) in [7, 11) is 0. The lowest BCUT2D eigenvalue weighted by atomic mass is 9.88. The molecule has 0 bridgehead atoms. The summed E-state index contributed by atoms with van der Waals surface area (Å²) in [5, 5.41) is 5.96. The van der Waals surface area contributed by atoms with Gasteiger partial charge in [0.1, 0.15) is 6.10 Å². The quantitative estimate of drug-likeness (QED) is 0.870. The third-order valence-corrected chi connectivity index (χ3v) is 5.80. The molecule has 1 unspecified atom stereocenters. The maximum absolute atomic E-state index is 12.4. The molecule has 1 aromatic rings. The molecule has 1 aromatic carbocycles. The van der Waals surface area contributed by atoms with Crippen LogP contribution in [-0.4, -0.2) is 48.2 Å². The van der Waals surface area contributed by atoms with Gasteiger partial charge in [0.15, 0.2) is 0 Å². The normalized spacial score (nSPS) is 24.5. The number of amides is 3. The standard InChI is InChI=1S/C20H27N3O3/c24-18(21-14-15-6-7-15)17-8-9-20(26-17)10-12-23(13-11-20)19(25)22-16-4-2-1-3-5-16/h1-5,15,17H,6-14H2,(H,21,24)(H,22,25). The van der Waals surface area contributed by atoms with Gasteiger partial charge in [-0.25, -0.2) is 4.79 Å². The molecular weight excluding hydrogens is 330 g/mol. The van der Waals surface area contributed by atoms with Crippen molar-refractivity contribution in [3.05, 3.63) is 30.3 Å². The molecule has 0 radical (unpaired) electrons. The highest BCUT2D eigenvalue weighted by Crippen LogP contribution is 2.39. The Labute approximate surface area is 154 Å². The first-order valence-corrected chi connectivity index (χ1v) is 9.70. The van der Waals surface area contributed by atoms with Crippen molar-refractivity contribution in [2.45, 2.75) is 50.2 Å². The largest absolute Gasteiger partial charge is 0.362 e. The molecule has 6 heteroatoms. The van der Waals surface area contributed by atoms with Gasteiger partial charge in [0.05, 0.1) is 5.60 Å². The van der Waals surface area contributed by atoms with E-state index in [2.05, 4.69) is 10.6 Å². The first-order chi connectivity index (χ1) is 12.6. The van der Waals surface area contributed by atoms with Crippen molar-refractivity contribution < 1.29 is 14.3 Å². The molecule has 140 valence electrons. The number of anilines is 1. The van der Waals surface area contributed by atoms with Crippen LogP contribution in [-0.2, 0) is 9.53 Å². The van der Waals surface area contributed by atoms with Crippen molar-refractivity contribution in [3.63, 3.8) is 0 Å². The van der Waals surface area contributed by atoms with Crippen LogP contribution >= 0.6 is 0 Å². The average Bonchev–Trinajstić information content (AvgIpc) is 3.41. The molecule has 4 rings (SSSR count). The van der Waals surface area contributed by atoms with E-state index in [-0.39, 0.29) is 23.6 Å². The molecule has 1 spiro atoms. The Kier molecular flexibility index (Phi) is 4.85. The summed E-state index contributed by atoms with van der Waals surface area (Å²) < 4.78 is 6.18. The van der Waals surface area contributed by atoms with Crippen LogP contribution in [0.25, 0.3) is 0 Å². The molecule has 2 saturated heterocycles. The fourth-order valence-electron chi connectivity index (χ4n) is 3.89. The van der Waals surface area contributed by atoms with Crippen molar-refractivity contribution in [2.24, 2.45) is 5.92 Å². The first-order valence-electron chi connectivity index (χ1n) is 9.70. The summed E-state index contributed by atoms with van der Waals surface area (Å²) in [5.74, 6) is 0.721. The van der Waals surface area contributed by atoms with Crippen LogP contribution in [0.15, 0.2) is 30.3 Å². The third kappa shape index (κ3) is 4.01. The summed E-state index contributed by atoms with van der Waals surface area (Å²) in [6.45, 7) is 2.11. The molecular formula is C20H27N3O3. The number of nitrogens with zero attached hydrogens (tertiary/aromatic N) is 1. The number of likely N-dealkylation sites (tertiary alicyclic amines) is 1. The average molecular weight is 357 g/mol. The minimum Gasteiger partial charge on any atom is -0.362 e. The third-order valence-electron chi connectivity index (χ3n) is 5.80. The van der Waals surface area contributed by atoms with E-state index < -0.39 is 0 Å². The number of para-hydroxylation sites is 1. The van der Waals surface area contributed by atoms with Crippen molar-refractivity contribution in [1.29, 1.82) is 0 Å². The molecule has 2 heterocycles. The zero-order valence-corrected chi connectivity index (χ0v) is 15.1. The number of carbonyl (C=O) groups is 2. The van der Waals surface area contributed by atoms with Crippen molar-refractivity contribution in [1.82, 2.24) is 10.2 Å². The van der Waals surface area contributed by atoms with Crippen LogP contribution in [0.4, 0.5) is 10.5 Å². The maximum Gasteiger partial charge on any atom is 0.321 e. The smallest absolute Gasteiger partial charge is 0.321 e. The van der Waals surface area contributed by atoms with E-state index in [9.17, 15) is 9.59 Å². The summed E-state index contributed by atoms with van der Waals surface area (Å²) in [5.41, 5.74) is 0.577. The zero-order chi connectivity index (χ0) is 18.0. The lowest BCUT2D eigenvalue weighted by Crippen LogP contribution is -2.48.